The van der Waals surface area contributed by atoms with Gasteiger partial charge < -0.3 is 16.4 Å². The number of nitrogens with one attached hydrogen (secondary N) is 2. The third-order valence-corrected chi connectivity index (χ3v) is 3.43. The van der Waals surface area contributed by atoms with Crippen LogP contribution < -0.4 is 16.4 Å². The van der Waals surface area contributed by atoms with Crippen molar-refractivity contribution >= 4 is 59.0 Å². The highest BCUT2D eigenvalue weighted by Gasteiger charge is 2.10. The van der Waals surface area contributed by atoms with Gasteiger partial charge in [-0.25, -0.2) is 0 Å². The van der Waals surface area contributed by atoms with Crippen LogP contribution in [-0.2, 0) is 4.79 Å². The minimum atomic E-state index is -0.113. The van der Waals surface area contributed by atoms with Crippen LogP contribution in [-0.4, -0.2) is 24.5 Å². The molecule has 0 aliphatic carbocycles. The molecule has 0 fully saturated rings. The topological polar surface area (TPSA) is 79.5 Å². The lowest BCUT2D eigenvalue weighted by Crippen LogP contribution is -2.35. The van der Waals surface area contributed by atoms with E-state index in [1.54, 1.807) is 12.1 Å². The SMILES string of the molecule is CC(C)NC(=O)CCN=C(N)NC(C)c1ccc(Cl)cc1Cl.I. The lowest BCUT2D eigenvalue weighted by atomic mass is 10.1. The second-order valence-electron chi connectivity index (χ2n) is 5.27. The number of aliphatic imine (C=N–C) groups is 1. The van der Waals surface area contributed by atoms with Gasteiger partial charge in [0.2, 0.25) is 5.91 Å². The number of amides is 1. The fraction of sp³-hybridized carbons (Fsp3) is 0.467. The number of halogens is 3. The third kappa shape index (κ3) is 8.62. The van der Waals surface area contributed by atoms with Crippen LogP contribution in [0.5, 0.6) is 0 Å². The minimum Gasteiger partial charge on any atom is -0.370 e. The Balaban J connectivity index is 0.00000484. The lowest BCUT2D eigenvalue weighted by Gasteiger charge is -2.16. The van der Waals surface area contributed by atoms with Crippen molar-refractivity contribution in [1.82, 2.24) is 10.6 Å². The zero-order chi connectivity index (χ0) is 16.7. The molecule has 1 aromatic carbocycles. The van der Waals surface area contributed by atoms with Crippen molar-refractivity contribution < 1.29 is 4.79 Å². The van der Waals surface area contributed by atoms with Gasteiger partial charge in [0.25, 0.3) is 0 Å². The summed E-state index contributed by atoms with van der Waals surface area (Å²) in [6.07, 6.45) is 0.302. The number of rotatable bonds is 6. The monoisotopic (exact) mass is 472 g/mol. The van der Waals surface area contributed by atoms with Gasteiger partial charge in [-0.05, 0) is 38.5 Å². The first-order valence-electron chi connectivity index (χ1n) is 7.10. The van der Waals surface area contributed by atoms with E-state index < -0.39 is 0 Å². The number of carbonyl (C=O) groups excluding carboxylic acids is 1. The normalized spacial score (nSPS) is 12.5. The number of guanidine groups is 1. The van der Waals surface area contributed by atoms with E-state index in [0.717, 1.165) is 5.56 Å². The summed E-state index contributed by atoms with van der Waals surface area (Å²) in [5.41, 5.74) is 6.69. The number of nitrogens with zero attached hydrogens (tertiary/aromatic N) is 1. The van der Waals surface area contributed by atoms with E-state index in [4.69, 9.17) is 28.9 Å². The summed E-state index contributed by atoms with van der Waals surface area (Å²) in [4.78, 5) is 15.6. The van der Waals surface area contributed by atoms with Crippen LogP contribution in [0, 0.1) is 0 Å². The van der Waals surface area contributed by atoms with E-state index >= 15 is 0 Å². The van der Waals surface area contributed by atoms with Crippen LogP contribution >= 0.6 is 47.2 Å². The van der Waals surface area contributed by atoms with E-state index in [-0.39, 0.29) is 47.9 Å². The Labute approximate surface area is 164 Å². The van der Waals surface area contributed by atoms with Gasteiger partial charge >= 0.3 is 0 Å². The van der Waals surface area contributed by atoms with Crippen molar-refractivity contribution in [3.63, 3.8) is 0 Å². The fourth-order valence-electron chi connectivity index (χ4n) is 1.87. The zero-order valence-corrected chi connectivity index (χ0v) is 17.2. The summed E-state index contributed by atoms with van der Waals surface area (Å²) in [5.74, 6) is 0.233. The number of hydrogen-bond acceptors (Lipinski definition) is 2. The predicted octanol–water partition coefficient (Wildman–Crippen LogP) is 3.49. The molecule has 1 unspecified atom stereocenters. The van der Waals surface area contributed by atoms with Gasteiger partial charge in [-0.1, -0.05) is 29.3 Å². The summed E-state index contributed by atoms with van der Waals surface area (Å²) < 4.78 is 0. The number of nitrogens with two attached hydrogens (primary N) is 1. The van der Waals surface area contributed by atoms with Crippen LogP contribution in [0.4, 0.5) is 0 Å². The Bertz CT molecular complexity index is 552. The number of hydrogen-bond donors (Lipinski definition) is 3. The number of benzene rings is 1. The standard InChI is InChI=1S/C15H22Cl2N4O.HI/c1-9(2)20-14(22)6-7-19-15(18)21-10(3)12-5-4-11(16)8-13(12)17;/h4-5,8-10H,6-7H2,1-3H3,(H,20,22)(H3,18,19,21);1H. The molecule has 5 nitrogen and oxygen atoms in total. The highest BCUT2D eigenvalue weighted by molar-refractivity contribution is 14.0. The van der Waals surface area contributed by atoms with Gasteiger partial charge in [-0.15, -0.1) is 24.0 Å². The van der Waals surface area contributed by atoms with Gasteiger partial charge in [0.15, 0.2) is 5.96 Å². The van der Waals surface area contributed by atoms with Gasteiger partial charge in [0, 0.05) is 22.5 Å². The Hall–Kier alpha value is -0.730. The molecule has 130 valence electrons. The third-order valence-electron chi connectivity index (χ3n) is 2.86. The quantitative estimate of drug-likeness (QED) is 0.337. The molecule has 1 amide bonds. The molecule has 0 bridgehead atoms. The summed E-state index contributed by atoms with van der Waals surface area (Å²) >= 11 is 12.0. The first-order valence-corrected chi connectivity index (χ1v) is 7.86. The van der Waals surface area contributed by atoms with Crippen molar-refractivity contribution in [1.29, 1.82) is 0 Å². The van der Waals surface area contributed by atoms with Crippen LogP contribution in [0.2, 0.25) is 10.0 Å². The first kappa shape index (κ1) is 22.3. The van der Waals surface area contributed by atoms with Gasteiger partial charge in [-0.2, -0.15) is 0 Å². The van der Waals surface area contributed by atoms with Gasteiger partial charge in [0.05, 0.1) is 12.6 Å². The Kier molecular flexibility index (Phi) is 10.6. The Morgan fingerprint density at radius 1 is 1.26 bits per heavy atom. The molecule has 0 aliphatic heterocycles. The molecule has 23 heavy (non-hydrogen) atoms. The Morgan fingerprint density at radius 3 is 2.48 bits per heavy atom. The molecule has 0 aromatic heterocycles. The molecule has 1 atom stereocenters. The molecule has 0 radical (unpaired) electrons. The van der Waals surface area contributed by atoms with E-state index in [9.17, 15) is 4.79 Å². The van der Waals surface area contributed by atoms with E-state index in [1.807, 2.05) is 26.8 Å². The highest BCUT2D eigenvalue weighted by atomic mass is 127. The van der Waals surface area contributed by atoms with Gasteiger partial charge in [-0.3, -0.25) is 9.79 Å². The average Bonchev–Trinajstić information content (AvgIpc) is 2.37. The summed E-state index contributed by atoms with van der Waals surface area (Å²) in [5, 5.41) is 6.98. The van der Waals surface area contributed by atoms with Crippen LogP contribution in [0.15, 0.2) is 23.2 Å². The predicted molar refractivity (Wildman–Crippen MR) is 108 cm³/mol. The average molecular weight is 473 g/mol. The molecule has 1 aromatic rings. The molecule has 0 aliphatic rings. The Morgan fingerprint density at radius 2 is 1.91 bits per heavy atom. The fourth-order valence-corrected chi connectivity index (χ4v) is 2.44. The largest absolute Gasteiger partial charge is 0.370 e. The van der Waals surface area contributed by atoms with Crippen LogP contribution in [0.1, 0.15) is 38.8 Å². The zero-order valence-electron chi connectivity index (χ0n) is 13.4. The van der Waals surface area contributed by atoms with Gasteiger partial charge in [0.1, 0.15) is 0 Å². The second kappa shape index (κ2) is 10.9. The maximum absolute atomic E-state index is 11.5. The highest BCUT2D eigenvalue weighted by Crippen LogP contribution is 2.25. The smallest absolute Gasteiger partial charge is 0.222 e. The van der Waals surface area contributed by atoms with Crippen molar-refractivity contribution in [2.24, 2.45) is 10.7 Å². The molecule has 0 saturated carbocycles. The summed E-state index contributed by atoms with van der Waals surface area (Å²) in [6, 6.07) is 5.30. The van der Waals surface area contributed by atoms with Crippen molar-refractivity contribution in [2.75, 3.05) is 6.54 Å². The van der Waals surface area contributed by atoms with Crippen molar-refractivity contribution in [3.05, 3.63) is 33.8 Å². The molecule has 0 spiro atoms. The van der Waals surface area contributed by atoms with E-state index in [2.05, 4.69) is 15.6 Å². The second-order valence-corrected chi connectivity index (χ2v) is 6.11. The van der Waals surface area contributed by atoms with Crippen LogP contribution in [0.3, 0.4) is 0 Å². The maximum atomic E-state index is 11.5. The molecule has 4 N–H and O–H groups in total. The molecular formula is C15H23Cl2IN4O. The molecule has 8 heteroatoms. The van der Waals surface area contributed by atoms with Crippen molar-refractivity contribution in [3.8, 4) is 0 Å². The maximum Gasteiger partial charge on any atom is 0.222 e. The number of carbonyl (C=O) groups is 1. The molecular weight excluding hydrogens is 450 g/mol. The minimum absolute atomic E-state index is 0. The lowest BCUT2D eigenvalue weighted by molar-refractivity contribution is -0.121. The van der Waals surface area contributed by atoms with E-state index in [0.29, 0.717) is 23.0 Å². The van der Waals surface area contributed by atoms with E-state index in [1.165, 1.54) is 0 Å². The molecule has 1 rings (SSSR count). The van der Waals surface area contributed by atoms with Crippen molar-refractivity contribution in [2.45, 2.75) is 39.3 Å². The molecule has 0 saturated heterocycles. The van der Waals surface area contributed by atoms with Crippen LogP contribution in [0.25, 0.3) is 0 Å². The summed E-state index contributed by atoms with van der Waals surface area (Å²) in [6.45, 7) is 6.07. The summed E-state index contributed by atoms with van der Waals surface area (Å²) in [7, 11) is 0. The molecule has 0 heterocycles. The first-order chi connectivity index (χ1) is 10.3.